The summed E-state index contributed by atoms with van der Waals surface area (Å²) in [7, 11) is -0.135. The number of sulfone groups is 1. The van der Waals surface area contributed by atoms with Gasteiger partial charge in [-0.05, 0) is 18.6 Å². The van der Waals surface area contributed by atoms with Crippen LogP contribution >= 0.6 is 0 Å². The lowest BCUT2D eigenvalue weighted by atomic mass is 10.3. The molecule has 0 heterocycles. The van der Waals surface area contributed by atoms with Gasteiger partial charge in [0.25, 0.3) is 0 Å². The van der Waals surface area contributed by atoms with Crippen LogP contribution in [0.5, 0.6) is 17.2 Å². The minimum absolute atomic E-state index is 0.00346. The highest BCUT2D eigenvalue weighted by molar-refractivity contribution is 7.91. The van der Waals surface area contributed by atoms with E-state index in [-0.39, 0.29) is 18.1 Å². The first-order chi connectivity index (χ1) is 9.54. The zero-order chi connectivity index (χ0) is 15.0. The Kier molecular flexibility index (Phi) is 6.19. The highest BCUT2D eigenvalue weighted by Crippen LogP contribution is 2.36. The number of ether oxygens (including phenoxy) is 3. The van der Waals surface area contributed by atoms with Crippen molar-refractivity contribution in [2.24, 2.45) is 0 Å². The molecule has 1 aromatic rings. The molecule has 0 saturated carbocycles. The predicted octanol–water partition coefficient (Wildman–Crippen LogP) is 1.52. The second-order valence-electron chi connectivity index (χ2n) is 3.99. The standard InChI is InChI=1S/C14H18O5S/c1-4-10-20(15,16)11-6-9-19-13-8-5-7-12(17-2)14(13)18-3/h1,5,7-8H,6,9-11H2,2-3H3. The smallest absolute Gasteiger partial charge is 0.203 e. The molecule has 0 spiro atoms. The van der Waals surface area contributed by atoms with Gasteiger partial charge in [0, 0.05) is 0 Å². The van der Waals surface area contributed by atoms with E-state index >= 15 is 0 Å². The molecule has 6 heteroatoms. The van der Waals surface area contributed by atoms with E-state index in [9.17, 15) is 8.42 Å². The fourth-order valence-electron chi connectivity index (χ4n) is 1.63. The summed E-state index contributed by atoms with van der Waals surface area (Å²) < 4.78 is 38.7. The Hall–Kier alpha value is -1.87. The van der Waals surface area contributed by atoms with Crippen molar-refractivity contribution >= 4 is 9.84 Å². The van der Waals surface area contributed by atoms with Crippen molar-refractivity contribution in [2.75, 3.05) is 32.3 Å². The van der Waals surface area contributed by atoms with Crippen molar-refractivity contribution in [1.29, 1.82) is 0 Å². The molecule has 0 aliphatic rings. The van der Waals surface area contributed by atoms with Crippen molar-refractivity contribution in [2.45, 2.75) is 6.42 Å². The first-order valence-corrected chi connectivity index (χ1v) is 7.84. The van der Waals surface area contributed by atoms with Gasteiger partial charge in [-0.3, -0.25) is 0 Å². The van der Waals surface area contributed by atoms with E-state index in [1.54, 1.807) is 18.2 Å². The van der Waals surface area contributed by atoms with Gasteiger partial charge in [-0.1, -0.05) is 12.0 Å². The SMILES string of the molecule is C#CCS(=O)(=O)CCCOc1cccc(OC)c1OC. The van der Waals surface area contributed by atoms with Gasteiger partial charge in [0.1, 0.15) is 5.75 Å². The van der Waals surface area contributed by atoms with Crippen LogP contribution in [-0.4, -0.2) is 40.7 Å². The number of benzene rings is 1. The van der Waals surface area contributed by atoms with Crippen LogP contribution in [0.3, 0.4) is 0 Å². The number of para-hydroxylation sites is 1. The van der Waals surface area contributed by atoms with Crippen molar-refractivity contribution in [3.8, 4) is 29.6 Å². The molecular formula is C14H18O5S. The van der Waals surface area contributed by atoms with Gasteiger partial charge in [-0.15, -0.1) is 6.42 Å². The van der Waals surface area contributed by atoms with Gasteiger partial charge >= 0.3 is 0 Å². The van der Waals surface area contributed by atoms with Gasteiger partial charge in [0.05, 0.1) is 26.6 Å². The van der Waals surface area contributed by atoms with E-state index < -0.39 is 9.84 Å². The molecular weight excluding hydrogens is 280 g/mol. The maximum Gasteiger partial charge on any atom is 0.203 e. The third kappa shape index (κ3) is 4.67. The highest BCUT2D eigenvalue weighted by Gasteiger charge is 2.12. The second kappa shape index (κ2) is 7.65. The van der Waals surface area contributed by atoms with Crippen LogP contribution in [0.25, 0.3) is 0 Å². The van der Waals surface area contributed by atoms with Crippen LogP contribution in [0.1, 0.15) is 6.42 Å². The lowest BCUT2D eigenvalue weighted by Crippen LogP contribution is -2.12. The summed E-state index contributed by atoms with van der Waals surface area (Å²) in [4.78, 5) is 0. The minimum Gasteiger partial charge on any atom is -0.493 e. The molecule has 0 aliphatic carbocycles. The Labute approximate surface area is 119 Å². The third-order valence-electron chi connectivity index (χ3n) is 2.53. The molecule has 110 valence electrons. The zero-order valence-corrected chi connectivity index (χ0v) is 12.4. The number of methoxy groups -OCH3 is 2. The Morgan fingerprint density at radius 3 is 2.50 bits per heavy atom. The van der Waals surface area contributed by atoms with Crippen molar-refractivity contribution in [3.05, 3.63) is 18.2 Å². The van der Waals surface area contributed by atoms with E-state index in [1.165, 1.54) is 14.2 Å². The van der Waals surface area contributed by atoms with Crippen LogP contribution in [0.2, 0.25) is 0 Å². The Bertz CT molecular complexity index is 572. The number of terminal acetylenes is 1. The largest absolute Gasteiger partial charge is 0.493 e. The van der Waals surface area contributed by atoms with Crippen LogP contribution in [-0.2, 0) is 9.84 Å². The molecule has 5 nitrogen and oxygen atoms in total. The van der Waals surface area contributed by atoms with E-state index in [4.69, 9.17) is 20.6 Å². The average molecular weight is 298 g/mol. The monoisotopic (exact) mass is 298 g/mol. The summed E-state index contributed by atoms with van der Waals surface area (Å²) >= 11 is 0. The van der Waals surface area contributed by atoms with E-state index in [2.05, 4.69) is 5.92 Å². The van der Waals surface area contributed by atoms with Crippen molar-refractivity contribution in [3.63, 3.8) is 0 Å². The summed E-state index contributed by atoms with van der Waals surface area (Å²) in [6, 6.07) is 5.26. The van der Waals surface area contributed by atoms with E-state index in [0.717, 1.165) is 0 Å². The van der Waals surface area contributed by atoms with Gasteiger partial charge in [-0.2, -0.15) is 0 Å². The fourth-order valence-corrected chi connectivity index (χ4v) is 2.59. The third-order valence-corrected chi connectivity index (χ3v) is 4.04. The summed E-state index contributed by atoms with van der Waals surface area (Å²) in [6.45, 7) is 0.257. The lowest BCUT2D eigenvalue weighted by molar-refractivity contribution is 0.284. The van der Waals surface area contributed by atoms with Gasteiger partial charge in [0.2, 0.25) is 5.75 Å². The lowest BCUT2D eigenvalue weighted by Gasteiger charge is -2.13. The van der Waals surface area contributed by atoms with Crippen LogP contribution < -0.4 is 14.2 Å². The molecule has 0 aliphatic heterocycles. The topological polar surface area (TPSA) is 61.8 Å². The summed E-state index contributed by atoms with van der Waals surface area (Å²) in [5.41, 5.74) is 0. The molecule has 1 aromatic carbocycles. The molecule has 0 atom stereocenters. The molecule has 0 amide bonds. The molecule has 0 aromatic heterocycles. The maximum atomic E-state index is 11.4. The maximum absolute atomic E-state index is 11.4. The molecule has 1 rings (SSSR count). The number of hydrogen-bond donors (Lipinski definition) is 0. The average Bonchev–Trinajstić information content (AvgIpc) is 2.43. The molecule has 0 radical (unpaired) electrons. The fraction of sp³-hybridized carbons (Fsp3) is 0.429. The zero-order valence-electron chi connectivity index (χ0n) is 11.6. The molecule has 0 bridgehead atoms. The Morgan fingerprint density at radius 2 is 1.90 bits per heavy atom. The summed E-state index contributed by atoms with van der Waals surface area (Å²) in [5, 5.41) is 0. The minimum atomic E-state index is -3.19. The molecule has 0 unspecified atom stereocenters. The van der Waals surface area contributed by atoms with Gasteiger partial charge in [-0.25, -0.2) is 8.42 Å². The van der Waals surface area contributed by atoms with Gasteiger partial charge < -0.3 is 14.2 Å². The Balaban J connectivity index is 2.57. The van der Waals surface area contributed by atoms with Crippen LogP contribution in [0.4, 0.5) is 0 Å². The van der Waals surface area contributed by atoms with E-state index in [0.29, 0.717) is 23.7 Å². The van der Waals surface area contributed by atoms with Crippen molar-refractivity contribution < 1.29 is 22.6 Å². The van der Waals surface area contributed by atoms with E-state index in [1.807, 2.05) is 0 Å². The first-order valence-electron chi connectivity index (χ1n) is 6.01. The molecule has 0 fully saturated rings. The van der Waals surface area contributed by atoms with Crippen LogP contribution in [0.15, 0.2) is 18.2 Å². The summed E-state index contributed by atoms with van der Waals surface area (Å²) in [5.74, 6) is 3.46. The van der Waals surface area contributed by atoms with Gasteiger partial charge in [0.15, 0.2) is 21.3 Å². The Morgan fingerprint density at radius 1 is 1.20 bits per heavy atom. The number of hydrogen-bond acceptors (Lipinski definition) is 5. The highest BCUT2D eigenvalue weighted by atomic mass is 32.2. The normalized spacial score (nSPS) is 10.7. The van der Waals surface area contributed by atoms with Crippen molar-refractivity contribution in [1.82, 2.24) is 0 Å². The quantitative estimate of drug-likeness (QED) is 0.538. The second-order valence-corrected chi connectivity index (χ2v) is 6.17. The molecule has 0 saturated heterocycles. The molecule has 20 heavy (non-hydrogen) atoms. The first kappa shape index (κ1) is 16.2. The molecule has 0 N–H and O–H groups in total. The summed E-state index contributed by atoms with van der Waals surface area (Å²) in [6.07, 6.45) is 5.35. The predicted molar refractivity (Wildman–Crippen MR) is 77.1 cm³/mol. The van der Waals surface area contributed by atoms with Crippen LogP contribution in [0, 0.1) is 12.3 Å². The number of rotatable bonds is 8.